The molecule has 0 bridgehead atoms. The smallest absolute Gasteiger partial charge is 0.0319 e. The van der Waals surface area contributed by atoms with Gasteiger partial charge >= 0.3 is 0 Å². The largest absolute Gasteiger partial charge is 0.400 e. The maximum atomic E-state index is 7.00. The van der Waals surface area contributed by atoms with Gasteiger partial charge in [-0.2, -0.15) is 0 Å². The molecular weight excluding hydrogens is 160 g/mol. The fraction of sp³-hybridized carbons (Fsp3) is 0.333. The predicted molar refractivity (Wildman–Crippen MR) is 54.5 cm³/mol. The molecule has 0 heterocycles. The molecule has 68 valence electrons. The van der Waals surface area contributed by atoms with Gasteiger partial charge in [-0.15, -0.1) is 6.42 Å². The second kappa shape index (κ2) is 4.69. The lowest BCUT2D eigenvalue weighted by molar-refractivity contribution is 0.399. The summed E-state index contributed by atoms with van der Waals surface area (Å²) < 4.78 is 0. The van der Waals surface area contributed by atoms with Gasteiger partial charge < -0.3 is 5.11 Å². The molecule has 2 rings (SSSR count). The van der Waals surface area contributed by atoms with E-state index in [9.17, 15) is 0 Å². The summed E-state index contributed by atoms with van der Waals surface area (Å²) in [5.41, 5.74) is 2.43. The topological polar surface area (TPSA) is 20.2 Å². The molecule has 1 saturated carbocycles. The van der Waals surface area contributed by atoms with E-state index in [4.69, 9.17) is 11.5 Å². The van der Waals surface area contributed by atoms with E-state index >= 15 is 0 Å². The Kier molecular flexibility index (Phi) is 3.54. The molecule has 1 aliphatic carbocycles. The predicted octanol–water partition coefficient (Wildman–Crippen LogP) is 2.15. The second-order valence-electron chi connectivity index (χ2n) is 3.04. The van der Waals surface area contributed by atoms with Gasteiger partial charge in [0.25, 0.3) is 0 Å². The molecule has 1 fully saturated rings. The van der Waals surface area contributed by atoms with Gasteiger partial charge in [0, 0.05) is 12.7 Å². The monoisotopic (exact) mass is 174 g/mol. The minimum absolute atomic E-state index is 0.835. The lowest BCUT2D eigenvalue weighted by atomic mass is 10.1. The average Bonchev–Trinajstić information content (AvgIpc) is 3.05. The van der Waals surface area contributed by atoms with E-state index in [2.05, 4.69) is 18.1 Å². The fourth-order valence-corrected chi connectivity index (χ4v) is 1.27. The summed E-state index contributed by atoms with van der Waals surface area (Å²) in [7, 11) is 1.00. The van der Waals surface area contributed by atoms with E-state index in [1.807, 2.05) is 12.1 Å². The Hall–Kier alpha value is -1.26. The highest BCUT2D eigenvalue weighted by atomic mass is 16.2. The number of aliphatic hydroxyl groups excluding tert-OH is 1. The molecular formula is C12H14O. The highest BCUT2D eigenvalue weighted by molar-refractivity contribution is 5.36. The summed E-state index contributed by atoms with van der Waals surface area (Å²) >= 11 is 0. The molecule has 1 aromatic rings. The van der Waals surface area contributed by atoms with Crippen molar-refractivity contribution in [3.63, 3.8) is 0 Å². The van der Waals surface area contributed by atoms with Crippen LogP contribution >= 0.6 is 0 Å². The summed E-state index contributed by atoms with van der Waals surface area (Å²) in [5.74, 6) is 3.45. The zero-order valence-electron chi connectivity index (χ0n) is 7.83. The van der Waals surface area contributed by atoms with Crippen LogP contribution in [0.15, 0.2) is 24.3 Å². The highest BCUT2D eigenvalue weighted by Crippen LogP contribution is 2.39. The summed E-state index contributed by atoms with van der Waals surface area (Å²) in [6.07, 6.45) is 7.95. The highest BCUT2D eigenvalue weighted by Gasteiger charge is 2.22. The molecule has 1 heteroatoms. The first-order valence-corrected chi connectivity index (χ1v) is 4.41. The maximum absolute atomic E-state index is 7.00. The first-order valence-electron chi connectivity index (χ1n) is 4.41. The van der Waals surface area contributed by atoms with Crippen LogP contribution in [-0.2, 0) is 0 Å². The van der Waals surface area contributed by atoms with Crippen molar-refractivity contribution in [2.45, 2.75) is 18.8 Å². The molecule has 0 amide bonds. The number of hydrogen-bond acceptors (Lipinski definition) is 1. The number of hydrogen-bond donors (Lipinski definition) is 1. The fourth-order valence-electron chi connectivity index (χ4n) is 1.27. The molecule has 1 aromatic carbocycles. The SMILES string of the molecule is C#Cc1ccc(C2CC2)cc1.CO. The number of aliphatic hydroxyl groups is 1. The summed E-state index contributed by atoms with van der Waals surface area (Å²) in [6.45, 7) is 0. The Balaban J connectivity index is 0.000000396. The van der Waals surface area contributed by atoms with Gasteiger partial charge in [0.1, 0.15) is 0 Å². The Morgan fingerprint density at radius 3 is 2.15 bits per heavy atom. The molecule has 0 radical (unpaired) electrons. The molecule has 0 spiro atoms. The Morgan fingerprint density at radius 2 is 1.77 bits per heavy atom. The van der Waals surface area contributed by atoms with Crippen molar-refractivity contribution >= 4 is 0 Å². The molecule has 13 heavy (non-hydrogen) atoms. The van der Waals surface area contributed by atoms with Gasteiger partial charge in [-0.3, -0.25) is 0 Å². The van der Waals surface area contributed by atoms with Crippen molar-refractivity contribution in [2.24, 2.45) is 0 Å². The second-order valence-corrected chi connectivity index (χ2v) is 3.04. The van der Waals surface area contributed by atoms with Crippen molar-refractivity contribution in [3.8, 4) is 12.3 Å². The van der Waals surface area contributed by atoms with E-state index in [0.29, 0.717) is 0 Å². The normalized spacial score (nSPS) is 13.9. The quantitative estimate of drug-likeness (QED) is 0.647. The lowest BCUT2D eigenvalue weighted by Gasteiger charge is -1.95. The van der Waals surface area contributed by atoms with Crippen molar-refractivity contribution in [3.05, 3.63) is 35.4 Å². The van der Waals surface area contributed by atoms with Crippen molar-refractivity contribution in [1.29, 1.82) is 0 Å². The van der Waals surface area contributed by atoms with E-state index in [1.165, 1.54) is 18.4 Å². The molecule has 0 aromatic heterocycles. The number of benzene rings is 1. The third-order valence-corrected chi connectivity index (χ3v) is 2.13. The average molecular weight is 174 g/mol. The third kappa shape index (κ3) is 2.61. The van der Waals surface area contributed by atoms with E-state index in [1.54, 1.807) is 0 Å². The lowest BCUT2D eigenvalue weighted by Crippen LogP contribution is -1.78. The molecule has 0 atom stereocenters. The van der Waals surface area contributed by atoms with Gasteiger partial charge in [-0.1, -0.05) is 18.1 Å². The molecule has 1 N–H and O–H groups in total. The molecule has 1 nitrogen and oxygen atoms in total. The van der Waals surface area contributed by atoms with Crippen LogP contribution in [0.3, 0.4) is 0 Å². The number of terminal acetylenes is 1. The standard InChI is InChI=1S/C11H10.CH4O/c1-2-9-3-5-10(6-4-9)11-7-8-11;1-2/h1,3-6,11H,7-8H2;2H,1H3. The van der Waals surface area contributed by atoms with Crippen molar-refractivity contribution in [2.75, 3.05) is 7.11 Å². The van der Waals surface area contributed by atoms with Crippen LogP contribution in [-0.4, -0.2) is 12.2 Å². The first kappa shape index (κ1) is 9.83. The van der Waals surface area contributed by atoms with Gasteiger partial charge in [-0.25, -0.2) is 0 Å². The van der Waals surface area contributed by atoms with Gasteiger partial charge in [0.2, 0.25) is 0 Å². The van der Waals surface area contributed by atoms with Crippen LogP contribution in [0.2, 0.25) is 0 Å². The molecule has 0 unspecified atom stereocenters. The zero-order valence-corrected chi connectivity index (χ0v) is 7.83. The summed E-state index contributed by atoms with van der Waals surface area (Å²) in [6, 6.07) is 8.33. The molecule has 0 saturated heterocycles. The van der Waals surface area contributed by atoms with E-state index in [-0.39, 0.29) is 0 Å². The number of rotatable bonds is 1. The minimum atomic E-state index is 0.835. The molecule has 1 aliphatic rings. The van der Waals surface area contributed by atoms with Crippen LogP contribution in [0.4, 0.5) is 0 Å². The van der Waals surface area contributed by atoms with Gasteiger partial charge in [0.15, 0.2) is 0 Å². The Labute approximate surface area is 79.4 Å². The van der Waals surface area contributed by atoms with E-state index < -0.39 is 0 Å². The van der Waals surface area contributed by atoms with Crippen LogP contribution < -0.4 is 0 Å². The zero-order chi connectivity index (χ0) is 9.68. The van der Waals surface area contributed by atoms with Crippen molar-refractivity contribution < 1.29 is 5.11 Å². The van der Waals surface area contributed by atoms with E-state index in [0.717, 1.165) is 18.6 Å². The summed E-state index contributed by atoms with van der Waals surface area (Å²) in [4.78, 5) is 0. The Morgan fingerprint density at radius 1 is 1.23 bits per heavy atom. The molecule has 0 aliphatic heterocycles. The van der Waals surface area contributed by atoms with Crippen LogP contribution in [0.25, 0.3) is 0 Å². The van der Waals surface area contributed by atoms with Gasteiger partial charge in [-0.05, 0) is 36.5 Å². The first-order chi connectivity index (χ1) is 6.40. The van der Waals surface area contributed by atoms with Crippen LogP contribution in [0.1, 0.15) is 29.9 Å². The maximum Gasteiger partial charge on any atom is 0.0319 e. The Bertz CT molecular complexity index is 288. The van der Waals surface area contributed by atoms with Crippen LogP contribution in [0.5, 0.6) is 0 Å². The van der Waals surface area contributed by atoms with Gasteiger partial charge in [0.05, 0.1) is 0 Å². The third-order valence-electron chi connectivity index (χ3n) is 2.13. The minimum Gasteiger partial charge on any atom is -0.400 e. The summed E-state index contributed by atoms with van der Waals surface area (Å²) in [5, 5.41) is 7.00. The van der Waals surface area contributed by atoms with Crippen LogP contribution in [0, 0.1) is 12.3 Å². The van der Waals surface area contributed by atoms with Crippen molar-refractivity contribution in [1.82, 2.24) is 0 Å².